The molecule has 134 valence electrons. The normalized spacial score (nSPS) is 19.3. The molecule has 4 nitrogen and oxygen atoms in total. The fourth-order valence-corrected chi connectivity index (χ4v) is 4.04. The highest BCUT2D eigenvalue weighted by Gasteiger charge is 2.34. The molecule has 2 aliphatic rings. The van der Waals surface area contributed by atoms with Gasteiger partial charge in [0.15, 0.2) is 0 Å². The molecule has 1 N–H and O–H groups in total. The second-order valence-corrected chi connectivity index (χ2v) is 7.30. The van der Waals surface area contributed by atoms with Crippen molar-refractivity contribution in [1.82, 2.24) is 4.90 Å². The van der Waals surface area contributed by atoms with E-state index >= 15 is 0 Å². The number of anilines is 1. The van der Waals surface area contributed by atoms with Crippen LogP contribution >= 0.6 is 0 Å². The first kappa shape index (κ1) is 16.8. The molecule has 2 aromatic carbocycles. The van der Waals surface area contributed by atoms with E-state index in [2.05, 4.69) is 11.4 Å². The number of benzene rings is 2. The summed E-state index contributed by atoms with van der Waals surface area (Å²) in [6.07, 6.45) is 4.80. The molecule has 0 bridgehead atoms. The lowest BCUT2D eigenvalue weighted by Gasteiger charge is -2.21. The lowest BCUT2D eigenvalue weighted by molar-refractivity contribution is -0.128. The number of carbonyl (C=O) groups excluding carboxylic acids is 2. The molecule has 2 aromatic rings. The van der Waals surface area contributed by atoms with Crippen LogP contribution in [0.1, 0.15) is 36.0 Å². The molecule has 4 heteroatoms. The smallest absolute Gasteiger partial charge is 0.229 e. The van der Waals surface area contributed by atoms with E-state index in [0.29, 0.717) is 19.5 Å². The molecule has 1 aliphatic carbocycles. The number of fused-ring (bicyclic) bond motifs is 1. The van der Waals surface area contributed by atoms with Crippen molar-refractivity contribution in [3.8, 4) is 0 Å². The molecule has 1 atom stereocenters. The fraction of sp³-hybridized carbons (Fsp3) is 0.364. The zero-order valence-electron chi connectivity index (χ0n) is 14.9. The minimum Gasteiger partial charge on any atom is -0.338 e. The van der Waals surface area contributed by atoms with Gasteiger partial charge in [-0.15, -0.1) is 0 Å². The third kappa shape index (κ3) is 3.50. The van der Waals surface area contributed by atoms with E-state index in [9.17, 15) is 9.59 Å². The lowest BCUT2D eigenvalue weighted by atomic mass is 9.90. The van der Waals surface area contributed by atoms with Crippen LogP contribution < -0.4 is 5.32 Å². The SMILES string of the molecule is O=C(Nc1cccc2c1CCCC2)[C@H]1CC(=O)N(Cc2ccccc2)C1. The third-order valence-corrected chi connectivity index (χ3v) is 5.46. The Labute approximate surface area is 154 Å². The molecule has 0 unspecified atom stereocenters. The third-order valence-electron chi connectivity index (χ3n) is 5.46. The van der Waals surface area contributed by atoms with Crippen LogP contribution in [-0.2, 0) is 29.0 Å². The summed E-state index contributed by atoms with van der Waals surface area (Å²) < 4.78 is 0. The summed E-state index contributed by atoms with van der Waals surface area (Å²) in [5.74, 6) is -0.248. The Morgan fingerprint density at radius 3 is 2.69 bits per heavy atom. The summed E-state index contributed by atoms with van der Waals surface area (Å²) in [5.41, 5.74) is 4.65. The number of aryl methyl sites for hydroxylation is 1. The molecule has 1 fully saturated rings. The van der Waals surface area contributed by atoms with E-state index in [4.69, 9.17) is 0 Å². The van der Waals surface area contributed by atoms with Crippen molar-refractivity contribution in [3.05, 3.63) is 65.2 Å². The quantitative estimate of drug-likeness (QED) is 0.918. The largest absolute Gasteiger partial charge is 0.338 e. The molecule has 0 spiro atoms. The van der Waals surface area contributed by atoms with E-state index in [0.717, 1.165) is 24.1 Å². The second-order valence-electron chi connectivity index (χ2n) is 7.30. The average molecular weight is 348 g/mol. The van der Waals surface area contributed by atoms with Gasteiger partial charge in [-0.25, -0.2) is 0 Å². The number of amides is 2. The highest BCUT2D eigenvalue weighted by Crippen LogP contribution is 2.29. The van der Waals surface area contributed by atoms with Crippen LogP contribution in [0.2, 0.25) is 0 Å². The van der Waals surface area contributed by atoms with Crippen molar-refractivity contribution in [3.63, 3.8) is 0 Å². The lowest BCUT2D eigenvalue weighted by Crippen LogP contribution is -2.28. The number of nitrogens with zero attached hydrogens (tertiary/aromatic N) is 1. The Hall–Kier alpha value is -2.62. The van der Waals surface area contributed by atoms with Gasteiger partial charge < -0.3 is 10.2 Å². The Bertz CT molecular complexity index is 816. The van der Waals surface area contributed by atoms with Crippen molar-refractivity contribution in [1.29, 1.82) is 0 Å². The maximum absolute atomic E-state index is 12.8. The Kier molecular flexibility index (Phi) is 4.74. The van der Waals surface area contributed by atoms with E-state index in [-0.39, 0.29) is 17.7 Å². The summed E-state index contributed by atoms with van der Waals surface area (Å²) in [6.45, 7) is 1.07. The van der Waals surface area contributed by atoms with Crippen LogP contribution in [0, 0.1) is 5.92 Å². The van der Waals surface area contributed by atoms with Gasteiger partial charge in [-0.05, 0) is 48.4 Å². The Morgan fingerprint density at radius 2 is 1.85 bits per heavy atom. The summed E-state index contributed by atoms with van der Waals surface area (Å²) in [4.78, 5) is 26.9. The standard InChI is InChI=1S/C22H24N2O2/c25-21-13-18(15-24(21)14-16-7-2-1-3-8-16)22(26)23-20-12-6-10-17-9-4-5-11-19(17)20/h1-3,6-8,10,12,18H,4-5,9,11,13-15H2,(H,23,26)/t18-/m0/s1. The number of hydrogen-bond acceptors (Lipinski definition) is 2. The van der Waals surface area contributed by atoms with Crippen molar-refractivity contribution in [2.75, 3.05) is 11.9 Å². The van der Waals surface area contributed by atoms with Gasteiger partial charge in [-0.3, -0.25) is 9.59 Å². The minimum absolute atomic E-state index is 0.0344. The summed E-state index contributed by atoms with van der Waals surface area (Å²) >= 11 is 0. The number of rotatable bonds is 4. The molecule has 0 radical (unpaired) electrons. The molecule has 4 rings (SSSR count). The van der Waals surface area contributed by atoms with Crippen LogP contribution in [0.3, 0.4) is 0 Å². The molecule has 1 saturated heterocycles. The molecule has 0 saturated carbocycles. The van der Waals surface area contributed by atoms with Gasteiger partial charge in [0.05, 0.1) is 5.92 Å². The fourth-order valence-electron chi connectivity index (χ4n) is 4.04. The van der Waals surface area contributed by atoms with Crippen LogP contribution in [0.15, 0.2) is 48.5 Å². The molecule has 2 amide bonds. The minimum atomic E-state index is -0.273. The number of likely N-dealkylation sites (tertiary alicyclic amines) is 1. The van der Waals surface area contributed by atoms with Gasteiger partial charge in [-0.1, -0.05) is 42.5 Å². The Morgan fingerprint density at radius 1 is 1.04 bits per heavy atom. The Balaban J connectivity index is 1.42. The zero-order valence-corrected chi connectivity index (χ0v) is 14.9. The van der Waals surface area contributed by atoms with Crippen LogP contribution in [0.5, 0.6) is 0 Å². The van der Waals surface area contributed by atoms with E-state index in [1.807, 2.05) is 42.5 Å². The van der Waals surface area contributed by atoms with Crippen LogP contribution in [0.25, 0.3) is 0 Å². The van der Waals surface area contributed by atoms with E-state index in [1.54, 1.807) is 4.90 Å². The molecule has 26 heavy (non-hydrogen) atoms. The van der Waals surface area contributed by atoms with Crippen molar-refractivity contribution in [2.45, 2.75) is 38.6 Å². The maximum atomic E-state index is 12.8. The molecular formula is C22H24N2O2. The first-order valence-corrected chi connectivity index (χ1v) is 9.44. The van der Waals surface area contributed by atoms with Gasteiger partial charge in [-0.2, -0.15) is 0 Å². The van der Waals surface area contributed by atoms with Crippen molar-refractivity contribution < 1.29 is 9.59 Å². The first-order chi connectivity index (χ1) is 12.7. The predicted octanol–water partition coefficient (Wildman–Crippen LogP) is 3.55. The summed E-state index contributed by atoms with van der Waals surface area (Å²) in [5, 5.41) is 3.10. The van der Waals surface area contributed by atoms with Crippen molar-refractivity contribution in [2.24, 2.45) is 5.92 Å². The second kappa shape index (κ2) is 7.32. The van der Waals surface area contributed by atoms with Gasteiger partial charge in [0.2, 0.25) is 11.8 Å². The summed E-state index contributed by atoms with van der Waals surface area (Å²) in [7, 11) is 0. The maximum Gasteiger partial charge on any atom is 0.229 e. The first-order valence-electron chi connectivity index (χ1n) is 9.44. The predicted molar refractivity (Wildman–Crippen MR) is 102 cm³/mol. The van der Waals surface area contributed by atoms with Crippen molar-refractivity contribution >= 4 is 17.5 Å². The molecule has 1 aliphatic heterocycles. The topological polar surface area (TPSA) is 49.4 Å². The summed E-state index contributed by atoms with van der Waals surface area (Å²) in [6, 6.07) is 16.1. The zero-order chi connectivity index (χ0) is 17.9. The average Bonchev–Trinajstić information content (AvgIpc) is 3.03. The molecule has 1 heterocycles. The molecular weight excluding hydrogens is 324 g/mol. The van der Waals surface area contributed by atoms with Gasteiger partial charge in [0, 0.05) is 25.2 Å². The highest BCUT2D eigenvalue weighted by molar-refractivity contribution is 5.97. The van der Waals surface area contributed by atoms with E-state index < -0.39 is 0 Å². The van der Waals surface area contributed by atoms with E-state index in [1.165, 1.54) is 24.0 Å². The monoisotopic (exact) mass is 348 g/mol. The highest BCUT2D eigenvalue weighted by atomic mass is 16.2. The molecule has 0 aromatic heterocycles. The number of nitrogens with one attached hydrogen (secondary N) is 1. The number of hydrogen-bond donors (Lipinski definition) is 1. The van der Waals surface area contributed by atoms with Gasteiger partial charge in [0.25, 0.3) is 0 Å². The van der Waals surface area contributed by atoms with Gasteiger partial charge >= 0.3 is 0 Å². The van der Waals surface area contributed by atoms with Crippen LogP contribution in [-0.4, -0.2) is 23.3 Å². The number of carbonyl (C=O) groups is 2. The van der Waals surface area contributed by atoms with Gasteiger partial charge in [0.1, 0.15) is 0 Å². The van der Waals surface area contributed by atoms with Crippen LogP contribution in [0.4, 0.5) is 5.69 Å².